The fourth-order valence-corrected chi connectivity index (χ4v) is 2.36. The molecular formula is C14H14F3NO3. The standard InChI is InChI=1S/C14H14F3NO3/c1-21-12(19)10-5-4-9-3-2-6-18(8-11(9)7-10)13(20)14(15,16)17/h4-5,7H,2-3,6,8H2,1H3. The first-order valence-corrected chi connectivity index (χ1v) is 6.39. The van der Waals surface area contributed by atoms with Gasteiger partial charge in [0.05, 0.1) is 12.7 Å². The van der Waals surface area contributed by atoms with Crippen LogP contribution >= 0.6 is 0 Å². The molecule has 0 unspecified atom stereocenters. The second-order valence-corrected chi connectivity index (χ2v) is 4.80. The molecule has 1 aromatic carbocycles. The molecule has 1 aromatic rings. The van der Waals surface area contributed by atoms with Gasteiger partial charge in [-0.15, -0.1) is 0 Å². The lowest BCUT2D eigenvalue weighted by atomic mass is 10.0. The zero-order chi connectivity index (χ0) is 15.6. The number of aryl methyl sites for hydroxylation is 1. The lowest BCUT2D eigenvalue weighted by Gasteiger charge is -2.22. The Morgan fingerprint density at radius 1 is 1.24 bits per heavy atom. The molecule has 0 N–H and O–H groups in total. The third-order valence-corrected chi connectivity index (χ3v) is 3.39. The van der Waals surface area contributed by atoms with Gasteiger partial charge >= 0.3 is 18.1 Å². The zero-order valence-electron chi connectivity index (χ0n) is 11.4. The number of alkyl halides is 3. The number of hydrogen-bond acceptors (Lipinski definition) is 3. The van der Waals surface area contributed by atoms with Crippen LogP contribution in [0.15, 0.2) is 18.2 Å². The van der Waals surface area contributed by atoms with Gasteiger partial charge in [0, 0.05) is 13.1 Å². The maximum absolute atomic E-state index is 12.5. The van der Waals surface area contributed by atoms with Crippen molar-refractivity contribution in [1.82, 2.24) is 4.90 Å². The van der Waals surface area contributed by atoms with E-state index in [0.29, 0.717) is 18.4 Å². The summed E-state index contributed by atoms with van der Waals surface area (Å²) in [5, 5.41) is 0. The van der Waals surface area contributed by atoms with Crippen molar-refractivity contribution in [3.05, 3.63) is 34.9 Å². The van der Waals surface area contributed by atoms with Crippen molar-refractivity contribution in [2.45, 2.75) is 25.6 Å². The van der Waals surface area contributed by atoms with Gasteiger partial charge in [-0.05, 0) is 36.1 Å². The van der Waals surface area contributed by atoms with E-state index < -0.39 is 18.1 Å². The number of halogens is 3. The van der Waals surface area contributed by atoms with Crippen molar-refractivity contribution in [3.63, 3.8) is 0 Å². The maximum Gasteiger partial charge on any atom is 0.471 e. The number of carbonyl (C=O) groups excluding carboxylic acids is 2. The topological polar surface area (TPSA) is 46.6 Å². The molecule has 4 nitrogen and oxygen atoms in total. The van der Waals surface area contributed by atoms with Gasteiger partial charge in [0.25, 0.3) is 0 Å². The molecule has 0 aliphatic carbocycles. The predicted molar refractivity (Wildman–Crippen MR) is 67.6 cm³/mol. The Labute approximate surface area is 119 Å². The maximum atomic E-state index is 12.5. The minimum atomic E-state index is -4.88. The van der Waals surface area contributed by atoms with Crippen LogP contribution < -0.4 is 0 Å². The van der Waals surface area contributed by atoms with Crippen LogP contribution in [0.5, 0.6) is 0 Å². The van der Waals surface area contributed by atoms with Crippen molar-refractivity contribution in [2.75, 3.05) is 13.7 Å². The van der Waals surface area contributed by atoms with Gasteiger partial charge in [0.1, 0.15) is 0 Å². The summed E-state index contributed by atoms with van der Waals surface area (Å²) < 4.78 is 42.2. The summed E-state index contributed by atoms with van der Waals surface area (Å²) in [6.45, 7) is -0.112. The van der Waals surface area contributed by atoms with E-state index in [2.05, 4.69) is 4.74 Å². The number of benzene rings is 1. The number of carbonyl (C=O) groups is 2. The predicted octanol–water partition coefficient (Wildman–Crippen LogP) is 2.31. The van der Waals surface area contributed by atoms with Gasteiger partial charge in [-0.25, -0.2) is 4.79 Å². The van der Waals surface area contributed by atoms with Crippen LogP contribution in [0.2, 0.25) is 0 Å². The largest absolute Gasteiger partial charge is 0.471 e. The van der Waals surface area contributed by atoms with Crippen molar-refractivity contribution in [2.24, 2.45) is 0 Å². The molecule has 1 aliphatic heterocycles. The normalized spacial score (nSPS) is 15.1. The third-order valence-electron chi connectivity index (χ3n) is 3.39. The summed E-state index contributed by atoms with van der Waals surface area (Å²) >= 11 is 0. The molecule has 0 aromatic heterocycles. The molecule has 7 heteroatoms. The molecule has 0 radical (unpaired) electrons. The highest BCUT2D eigenvalue weighted by Crippen LogP contribution is 2.25. The van der Waals surface area contributed by atoms with Crippen molar-refractivity contribution in [1.29, 1.82) is 0 Å². The second kappa shape index (κ2) is 5.75. The van der Waals surface area contributed by atoms with Crippen molar-refractivity contribution in [3.8, 4) is 0 Å². The molecular weight excluding hydrogens is 287 g/mol. The number of ether oxygens (including phenoxy) is 1. The third kappa shape index (κ3) is 3.34. The highest BCUT2D eigenvalue weighted by Gasteiger charge is 2.42. The van der Waals surface area contributed by atoms with E-state index >= 15 is 0 Å². The number of methoxy groups -OCH3 is 1. The summed E-state index contributed by atoms with van der Waals surface area (Å²) in [6.07, 6.45) is -3.87. The Hall–Kier alpha value is -2.05. The van der Waals surface area contributed by atoms with Crippen LogP contribution in [-0.4, -0.2) is 36.6 Å². The van der Waals surface area contributed by atoms with Crippen LogP contribution in [-0.2, 0) is 22.5 Å². The molecule has 2 rings (SSSR count). The number of esters is 1. The van der Waals surface area contributed by atoms with Gasteiger partial charge in [-0.3, -0.25) is 4.79 Å². The lowest BCUT2D eigenvalue weighted by molar-refractivity contribution is -0.186. The van der Waals surface area contributed by atoms with Gasteiger partial charge in [0.2, 0.25) is 0 Å². The van der Waals surface area contributed by atoms with Crippen LogP contribution in [0.4, 0.5) is 13.2 Å². The Balaban J connectivity index is 2.30. The zero-order valence-corrected chi connectivity index (χ0v) is 11.4. The Kier molecular flexibility index (Phi) is 4.20. The number of hydrogen-bond donors (Lipinski definition) is 0. The molecule has 0 bridgehead atoms. The van der Waals surface area contributed by atoms with Crippen molar-refractivity contribution < 1.29 is 27.5 Å². The molecule has 114 valence electrons. The smallest absolute Gasteiger partial charge is 0.465 e. The Morgan fingerprint density at radius 3 is 2.57 bits per heavy atom. The molecule has 1 heterocycles. The summed E-state index contributed by atoms with van der Waals surface area (Å²) in [6, 6.07) is 4.76. The second-order valence-electron chi connectivity index (χ2n) is 4.80. The first-order valence-electron chi connectivity index (χ1n) is 6.39. The minimum absolute atomic E-state index is 0.0422. The summed E-state index contributed by atoms with van der Waals surface area (Å²) in [5.74, 6) is -2.41. The molecule has 0 spiro atoms. The van der Waals surface area contributed by atoms with Gasteiger partial charge in [-0.1, -0.05) is 6.07 Å². The van der Waals surface area contributed by atoms with Crippen LogP contribution in [0.25, 0.3) is 0 Å². The highest BCUT2D eigenvalue weighted by atomic mass is 19.4. The molecule has 1 amide bonds. The van der Waals surface area contributed by atoms with Gasteiger partial charge < -0.3 is 9.64 Å². The number of amides is 1. The van der Waals surface area contributed by atoms with Crippen LogP contribution in [0.1, 0.15) is 27.9 Å². The van der Waals surface area contributed by atoms with E-state index in [4.69, 9.17) is 0 Å². The van der Waals surface area contributed by atoms with E-state index in [1.165, 1.54) is 13.2 Å². The summed E-state index contributed by atoms with van der Waals surface area (Å²) in [7, 11) is 1.23. The average Bonchev–Trinajstić information content (AvgIpc) is 2.65. The van der Waals surface area contributed by atoms with Gasteiger partial charge in [-0.2, -0.15) is 13.2 Å². The van der Waals surface area contributed by atoms with E-state index in [-0.39, 0.29) is 18.7 Å². The summed E-state index contributed by atoms with van der Waals surface area (Å²) in [4.78, 5) is 23.6. The molecule has 0 saturated heterocycles. The molecule has 0 saturated carbocycles. The molecule has 0 atom stereocenters. The minimum Gasteiger partial charge on any atom is -0.465 e. The van der Waals surface area contributed by atoms with E-state index in [1.807, 2.05) is 0 Å². The van der Waals surface area contributed by atoms with E-state index in [1.54, 1.807) is 12.1 Å². The number of fused-ring (bicyclic) bond motifs is 1. The first kappa shape index (κ1) is 15.3. The Bertz CT molecular complexity index is 569. The molecule has 0 fully saturated rings. The molecule has 21 heavy (non-hydrogen) atoms. The van der Waals surface area contributed by atoms with Crippen LogP contribution in [0.3, 0.4) is 0 Å². The first-order chi connectivity index (χ1) is 9.82. The van der Waals surface area contributed by atoms with Crippen LogP contribution in [0, 0.1) is 0 Å². The number of nitrogens with zero attached hydrogens (tertiary/aromatic N) is 1. The average molecular weight is 301 g/mol. The fraction of sp³-hybridized carbons (Fsp3) is 0.429. The molecule has 1 aliphatic rings. The fourth-order valence-electron chi connectivity index (χ4n) is 2.36. The SMILES string of the molecule is COC(=O)c1ccc2c(c1)CN(C(=O)C(F)(F)F)CCC2. The highest BCUT2D eigenvalue weighted by molar-refractivity contribution is 5.89. The van der Waals surface area contributed by atoms with E-state index in [9.17, 15) is 22.8 Å². The van der Waals surface area contributed by atoms with Crippen molar-refractivity contribution >= 4 is 11.9 Å². The quantitative estimate of drug-likeness (QED) is 0.748. The lowest BCUT2D eigenvalue weighted by Crippen LogP contribution is -2.40. The van der Waals surface area contributed by atoms with E-state index in [0.717, 1.165) is 10.5 Å². The van der Waals surface area contributed by atoms with Gasteiger partial charge in [0.15, 0.2) is 0 Å². The summed E-state index contributed by atoms with van der Waals surface area (Å²) in [5.41, 5.74) is 1.66. The monoisotopic (exact) mass is 301 g/mol. The Morgan fingerprint density at radius 2 is 1.95 bits per heavy atom. The number of rotatable bonds is 1.